The monoisotopic (exact) mass is 336 g/mol. The molecule has 0 radical (unpaired) electrons. The van der Waals surface area contributed by atoms with E-state index in [1.807, 2.05) is 6.92 Å². The normalized spacial score (nSPS) is 14.6. The van der Waals surface area contributed by atoms with Gasteiger partial charge in [0.1, 0.15) is 0 Å². The summed E-state index contributed by atoms with van der Waals surface area (Å²) >= 11 is 0. The Kier molecular flexibility index (Phi) is 5.17. The topological polar surface area (TPSA) is 58.2 Å². The molecule has 0 spiro atoms. The molecule has 2 amide bonds. The number of nitrogens with one attached hydrogen (secondary N) is 2. The lowest BCUT2D eigenvalue weighted by molar-refractivity contribution is -0.117. The highest BCUT2D eigenvalue weighted by molar-refractivity contribution is 5.96. The van der Waals surface area contributed by atoms with Crippen molar-refractivity contribution in [3.8, 4) is 0 Å². The SMILES string of the molecule is CCc1ccc(C(C)NC(=O)c2ccc(NC(=O)C3CC3)cc2)cc1. The first-order chi connectivity index (χ1) is 12.1. The van der Waals surface area contributed by atoms with E-state index in [1.165, 1.54) is 5.56 Å². The Bertz CT molecular complexity index is 746. The Morgan fingerprint density at radius 2 is 1.68 bits per heavy atom. The van der Waals surface area contributed by atoms with Crippen molar-refractivity contribution in [3.63, 3.8) is 0 Å². The van der Waals surface area contributed by atoms with Gasteiger partial charge in [-0.2, -0.15) is 0 Å². The summed E-state index contributed by atoms with van der Waals surface area (Å²) in [7, 11) is 0. The zero-order chi connectivity index (χ0) is 17.8. The second-order valence-electron chi connectivity index (χ2n) is 6.63. The van der Waals surface area contributed by atoms with E-state index >= 15 is 0 Å². The first-order valence-corrected chi connectivity index (χ1v) is 8.87. The molecule has 25 heavy (non-hydrogen) atoms. The fourth-order valence-corrected chi connectivity index (χ4v) is 2.70. The highest BCUT2D eigenvalue weighted by Crippen LogP contribution is 2.30. The number of aryl methyl sites for hydroxylation is 1. The van der Waals surface area contributed by atoms with Crippen LogP contribution in [0.1, 0.15) is 54.2 Å². The number of anilines is 1. The van der Waals surface area contributed by atoms with Crippen molar-refractivity contribution in [1.82, 2.24) is 5.32 Å². The largest absolute Gasteiger partial charge is 0.346 e. The molecule has 0 heterocycles. The molecule has 0 bridgehead atoms. The van der Waals surface area contributed by atoms with Crippen molar-refractivity contribution in [2.24, 2.45) is 5.92 Å². The first-order valence-electron chi connectivity index (χ1n) is 8.87. The molecule has 130 valence electrons. The summed E-state index contributed by atoms with van der Waals surface area (Å²) in [5, 5.41) is 5.89. The van der Waals surface area contributed by atoms with Crippen LogP contribution in [0.15, 0.2) is 48.5 Å². The number of carbonyl (C=O) groups excluding carboxylic acids is 2. The van der Waals surface area contributed by atoms with E-state index < -0.39 is 0 Å². The summed E-state index contributed by atoms with van der Waals surface area (Å²) in [6, 6.07) is 15.3. The van der Waals surface area contributed by atoms with Crippen LogP contribution >= 0.6 is 0 Å². The van der Waals surface area contributed by atoms with Crippen molar-refractivity contribution < 1.29 is 9.59 Å². The van der Waals surface area contributed by atoms with Gasteiger partial charge in [0.15, 0.2) is 0 Å². The number of amides is 2. The summed E-state index contributed by atoms with van der Waals surface area (Å²) in [4.78, 5) is 24.2. The summed E-state index contributed by atoms with van der Waals surface area (Å²) in [6.07, 6.45) is 2.96. The second-order valence-corrected chi connectivity index (χ2v) is 6.63. The smallest absolute Gasteiger partial charge is 0.251 e. The molecule has 1 unspecified atom stereocenters. The third kappa shape index (κ3) is 4.47. The molecular weight excluding hydrogens is 312 g/mol. The lowest BCUT2D eigenvalue weighted by Crippen LogP contribution is -2.26. The van der Waals surface area contributed by atoms with Crippen molar-refractivity contribution >= 4 is 17.5 Å². The van der Waals surface area contributed by atoms with Gasteiger partial charge in [0.2, 0.25) is 5.91 Å². The molecule has 0 aliphatic heterocycles. The van der Waals surface area contributed by atoms with E-state index in [-0.39, 0.29) is 23.8 Å². The summed E-state index contributed by atoms with van der Waals surface area (Å²) in [6.45, 7) is 4.10. The molecule has 2 aromatic rings. The summed E-state index contributed by atoms with van der Waals surface area (Å²) < 4.78 is 0. The summed E-state index contributed by atoms with van der Waals surface area (Å²) in [5.74, 6) is 0.122. The molecule has 4 heteroatoms. The molecule has 0 saturated heterocycles. The Morgan fingerprint density at radius 1 is 1.04 bits per heavy atom. The van der Waals surface area contributed by atoms with Gasteiger partial charge < -0.3 is 10.6 Å². The van der Waals surface area contributed by atoms with E-state index in [1.54, 1.807) is 24.3 Å². The van der Waals surface area contributed by atoms with Gasteiger partial charge in [-0.05, 0) is 61.6 Å². The Balaban J connectivity index is 1.58. The predicted molar refractivity (Wildman–Crippen MR) is 99.5 cm³/mol. The fourth-order valence-electron chi connectivity index (χ4n) is 2.70. The van der Waals surface area contributed by atoms with E-state index in [0.717, 1.165) is 30.5 Å². The van der Waals surface area contributed by atoms with Crippen molar-refractivity contribution in [2.75, 3.05) is 5.32 Å². The first kappa shape index (κ1) is 17.2. The van der Waals surface area contributed by atoms with Gasteiger partial charge in [0.05, 0.1) is 6.04 Å². The maximum absolute atomic E-state index is 12.4. The number of benzene rings is 2. The lowest BCUT2D eigenvalue weighted by atomic mass is 10.0. The highest BCUT2D eigenvalue weighted by Gasteiger charge is 2.29. The van der Waals surface area contributed by atoms with Crippen LogP contribution in [0.5, 0.6) is 0 Å². The van der Waals surface area contributed by atoms with E-state index in [2.05, 4.69) is 41.8 Å². The maximum atomic E-state index is 12.4. The molecule has 2 aromatic carbocycles. The fraction of sp³-hybridized carbons (Fsp3) is 0.333. The molecule has 1 fully saturated rings. The third-order valence-electron chi connectivity index (χ3n) is 4.60. The van der Waals surface area contributed by atoms with Crippen LogP contribution in [0.25, 0.3) is 0 Å². The van der Waals surface area contributed by atoms with Gasteiger partial charge in [-0.1, -0.05) is 31.2 Å². The van der Waals surface area contributed by atoms with Gasteiger partial charge in [0, 0.05) is 17.2 Å². The van der Waals surface area contributed by atoms with Gasteiger partial charge in [0.25, 0.3) is 5.91 Å². The molecule has 1 atom stereocenters. The highest BCUT2D eigenvalue weighted by atomic mass is 16.2. The number of hydrogen-bond acceptors (Lipinski definition) is 2. The number of rotatable bonds is 6. The standard InChI is InChI=1S/C21H24N2O2/c1-3-15-4-6-16(7-5-15)14(2)22-20(24)18-10-12-19(13-11-18)23-21(25)17-8-9-17/h4-7,10-14,17H,3,8-9H2,1-2H3,(H,22,24)(H,23,25). The number of carbonyl (C=O) groups is 2. The minimum Gasteiger partial charge on any atom is -0.346 e. The molecule has 0 aromatic heterocycles. The van der Waals surface area contributed by atoms with Crippen LogP contribution in [-0.4, -0.2) is 11.8 Å². The molecule has 4 nitrogen and oxygen atoms in total. The average Bonchev–Trinajstić information content (AvgIpc) is 3.47. The third-order valence-corrected chi connectivity index (χ3v) is 4.60. The molecular formula is C21H24N2O2. The van der Waals surface area contributed by atoms with Crippen molar-refractivity contribution in [2.45, 2.75) is 39.2 Å². The Labute approximate surface area is 148 Å². The quantitative estimate of drug-likeness (QED) is 0.835. The Hall–Kier alpha value is -2.62. The van der Waals surface area contributed by atoms with E-state index in [9.17, 15) is 9.59 Å². The molecule has 1 aliphatic carbocycles. The zero-order valence-corrected chi connectivity index (χ0v) is 14.7. The van der Waals surface area contributed by atoms with Crippen LogP contribution < -0.4 is 10.6 Å². The molecule has 3 rings (SSSR count). The van der Waals surface area contributed by atoms with Gasteiger partial charge >= 0.3 is 0 Å². The average molecular weight is 336 g/mol. The van der Waals surface area contributed by atoms with Crippen molar-refractivity contribution in [3.05, 3.63) is 65.2 Å². The minimum absolute atomic E-state index is 0.0624. The molecule has 1 aliphatic rings. The number of hydrogen-bond donors (Lipinski definition) is 2. The zero-order valence-electron chi connectivity index (χ0n) is 14.7. The van der Waals surface area contributed by atoms with Gasteiger partial charge in [-0.25, -0.2) is 0 Å². The summed E-state index contributed by atoms with van der Waals surface area (Å²) in [5.41, 5.74) is 3.68. The minimum atomic E-state index is -0.118. The lowest BCUT2D eigenvalue weighted by Gasteiger charge is -2.15. The van der Waals surface area contributed by atoms with Crippen LogP contribution in [-0.2, 0) is 11.2 Å². The van der Waals surface area contributed by atoms with E-state index in [4.69, 9.17) is 0 Å². The molecule has 1 saturated carbocycles. The molecule has 2 N–H and O–H groups in total. The maximum Gasteiger partial charge on any atom is 0.251 e. The van der Waals surface area contributed by atoms with Gasteiger partial charge in [-0.3, -0.25) is 9.59 Å². The van der Waals surface area contributed by atoms with Crippen LogP contribution in [0.2, 0.25) is 0 Å². The van der Waals surface area contributed by atoms with Gasteiger partial charge in [-0.15, -0.1) is 0 Å². The van der Waals surface area contributed by atoms with E-state index in [0.29, 0.717) is 5.56 Å². The van der Waals surface area contributed by atoms with Crippen LogP contribution in [0.3, 0.4) is 0 Å². The van der Waals surface area contributed by atoms with Crippen LogP contribution in [0, 0.1) is 5.92 Å². The second kappa shape index (κ2) is 7.51. The predicted octanol–water partition coefficient (Wildman–Crippen LogP) is 4.09. The van der Waals surface area contributed by atoms with Crippen LogP contribution in [0.4, 0.5) is 5.69 Å². The van der Waals surface area contributed by atoms with Crippen molar-refractivity contribution in [1.29, 1.82) is 0 Å². The Morgan fingerprint density at radius 3 is 2.24 bits per heavy atom.